The zero-order chi connectivity index (χ0) is 30.7. The molecule has 0 radical (unpaired) electrons. The fourth-order valence-electron chi connectivity index (χ4n) is 6.38. The Labute approximate surface area is 261 Å². The van der Waals surface area contributed by atoms with Crippen molar-refractivity contribution in [3.8, 4) is 0 Å². The average Bonchev–Trinajstić information content (AvgIpc) is 3.58. The van der Waals surface area contributed by atoms with E-state index >= 15 is 0 Å². The first-order chi connectivity index (χ1) is 21.5. The second-order valence-corrected chi connectivity index (χ2v) is 12.3. The second-order valence-electron chi connectivity index (χ2n) is 12.3. The lowest BCUT2D eigenvalue weighted by molar-refractivity contribution is -0.114. The Balaban J connectivity index is 1.14. The maximum absolute atomic E-state index is 13.3. The van der Waals surface area contributed by atoms with E-state index in [2.05, 4.69) is 54.7 Å². The van der Waals surface area contributed by atoms with Crippen LogP contribution in [0.5, 0.6) is 0 Å². The molecular weight excluding hydrogens is 546 g/mol. The van der Waals surface area contributed by atoms with Crippen molar-refractivity contribution in [2.24, 2.45) is 10.9 Å². The summed E-state index contributed by atoms with van der Waals surface area (Å²) in [4.78, 5) is 31.0. The van der Waals surface area contributed by atoms with Crippen LogP contribution in [-0.4, -0.2) is 29.7 Å². The molecule has 0 saturated carbocycles. The summed E-state index contributed by atoms with van der Waals surface area (Å²) in [5.74, 6) is 0.398. The largest absolute Gasteiger partial charge is 0.459 e. The third-order valence-electron chi connectivity index (χ3n) is 8.97. The number of furan rings is 1. The standard InChI is InChI=1S/C38H45N3O3/c1-27-10-2-5-16-34(27)40-22-7-6-13-30-20-21-32(25-35(30)41-38(43)37-17-9-23-44-37)36(42)26-33(39)15-8-11-28-18-19-29-12-3-4-14-31(29)24-28/h3-4,9-10,12,14,17-19,23,25,28,39H,2,5-8,11,13,15-16,20-22,24,26H2,1H3,(H,41,43). The molecule has 0 fully saturated rings. The molecule has 2 aromatic rings. The molecule has 1 unspecified atom stereocenters. The van der Waals surface area contributed by atoms with Crippen LogP contribution in [-0.2, 0) is 11.2 Å². The fraction of sp³-hybridized carbons (Fsp3) is 0.421. The number of Topliss-reactive ketones (excluding diaryl/α,β-unsaturated/α-hetero) is 1. The van der Waals surface area contributed by atoms with Gasteiger partial charge in [-0.2, -0.15) is 0 Å². The monoisotopic (exact) mass is 591 g/mol. The summed E-state index contributed by atoms with van der Waals surface area (Å²) in [7, 11) is 0. The SMILES string of the molecule is CC1=CCCCC1=NCCCCC1=C(NC(=O)c2ccco2)C=C(C(=O)CC(=N)CCCC2C=Cc3ccccc3C2)CC1. The number of aliphatic imine (C=N–C) groups is 1. The summed E-state index contributed by atoms with van der Waals surface area (Å²) in [6.45, 7) is 2.97. The molecule has 44 heavy (non-hydrogen) atoms. The van der Waals surface area contributed by atoms with Crippen molar-refractivity contribution in [1.82, 2.24) is 5.32 Å². The van der Waals surface area contributed by atoms with E-state index in [-0.39, 0.29) is 23.9 Å². The van der Waals surface area contributed by atoms with E-state index in [1.807, 2.05) is 6.08 Å². The lowest BCUT2D eigenvalue weighted by Gasteiger charge is -2.21. The quantitative estimate of drug-likeness (QED) is 0.170. The fourth-order valence-corrected chi connectivity index (χ4v) is 6.38. The van der Waals surface area contributed by atoms with Crippen LogP contribution in [0.15, 0.2) is 92.7 Å². The predicted molar refractivity (Wildman–Crippen MR) is 178 cm³/mol. The van der Waals surface area contributed by atoms with E-state index in [0.29, 0.717) is 35.7 Å². The van der Waals surface area contributed by atoms with Gasteiger partial charge in [-0.05, 0) is 136 Å². The minimum Gasteiger partial charge on any atom is -0.459 e. The molecule has 230 valence electrons. The molecule has 0 saturated heterocycles. The zero-order valence-corrected chi connectivity index (χ0v) is 26.0. The molecule has 3 aliphatic rings. The van der Waals surface area contributed by atoms with Gasteiger partial charge in [0, 0.05) is 30.1 Å². The van der Waals surface area contributed by atoms with E-state index in [0.717, 1.165) is 69.9 Å². The van der Waals surface area contributed by atoms with E-state index < -0.39 is 0 Å². The zero-order valence-electron chi connectivity index (χ0n) is 26.0. The summed E-state index contributed by atoms with van der Waals surface area (Å²) in [5, 5.41) is 11.5. The number of nitrogens with one attached hydrogen (secondary N) is 2. The highest BCUT2D eigenvalue weighted by Crippen LogP contribution is 2.29. The number of carbonyl (C=O) groups excluding carboxylic acids is 2. The van der Waals surface area contributed by atoms with Gasteiger partial charge in [-0.1, -0.05) is 42.5 Å². The predicted octanol–water partition coefficient (Wildman–Crippen LogP) is 8.76. The lowest BCUT2D eigenvalue weighted by atomic mass is 9.86. The molecular formula is C38H45N3O3. The van der Waals surface area contributed by atoms with Gasteiger partial charge in [0.15, 0.2) is 11.5 Å². The van der Waals surface area contributed by atoms with Crippen LogP contribution in [0.4, 0.5) is 0 Å². The number of fused-ring (bicyclic) bond motifs is 1. The van der Waals surface area contributed by atoms with Gasteiger partial charge in [-0.25, -0.2) is 0 Å². The number of carbonyl (C=O) groups is 2. The third kappa shape index (κ3) is 8.75. The molecule has 1 aromatic carbocycles. The highest BCUT2D eigenvalue weighted by atomic mass is 16.3. The first-order valence-corrected chi connectivity index (χ1v) is 16.3. The molecule has 1 heterocycles. The van der Waals surface area contributed by atoms with Gasteiger partial charge in [-0.3, -0.25) is 14.6 Å². The summed E-state index contributed by atoms with van der Waals surface area (Å²) in [6.07, 6.45) is 21.4. The van der Waals surface area contributed by atoms with Crippen LogP contribution >= 0.6 is 0 Å². The maximum atomic E-state index is 13.3. The Morgan fingerprint density at radius 2 is 1.95 bits per heavy atom. The minimum atomic E-state index is -0.314. The van der Waals surface area contributed by atoms with Gasteiger partial charge in [0.25, 0.3) is 5.91 Å². The summed E-state index contributed by atoms with van der Waals surface area (Å²) >= 11 is 0. The molecule has 5 rings (SSSR count). The van der Waals surface area contributed by atoms with Crippen LogP contribution in [0.1, 0.15) is 106 Å². The Kier molecular flexibility index (Phi) is 11.1. The van der Waals surface area contributed by atoms with Crippen LogP contribution in [0.3, 0.4) is 0 Å². The first-order valence-electron chi connectivity index (χ1n) is 16.3. The molecule has 2 N–H and O–H groups in total. The first kappa shape index (κ1) is 31.4. The summed E-state index contributed by atoms with van der Waals surface area (Å²) in [5.41, 5.74) is 8.27. The topological polar surface area (TPSA) is 95.5 Å². The molecule has 0 bridgehead atoms. The molecule has 3 aliphatic carbocycles. The van der Waals surface area contributed by atoms with Crippen LogP contribution in [0.2, 0.25) is 0 Å². The highest BCUT2D eigenvalue weighted by molar-refractivity contribution is 6.09. The molecule has 6 heteroatoms. The maximum Gasteiger partial charge on any atom is 0.291 e. The number of hydrogen-bond donors (Lipinski definition) is 2. The van der Waals surface area contributed by atoms with Crippen molar-refractivity contribution in [3.05, 3.63) is 100 Å². The molecule has 1 atom stereocenters. The number of hydrogen-bond acceptors (Lipinski definition) is 5. The van der Waals surface area contributed by atoms with Crippen LogP contribution in [0.25, 0.3) is 6.08 Å². The Morgan fingerprint density at radius 1 is 1.07 bits per heavy atom. The van der Waals surface area contributed by atoms with E-state index in [4.69, 9.17) is 14.8 Å². The van der Waals surface area contributed by atoms with Gasteiger partial charge < -0.3 is 15.1 Å². The summed E-state index contributed by atoms with van der Waals surface area (Å²) in [6, 6.07) is 11.8. The lowest BCUT2D eigenvalue weighted by Crippen LogP contribution is -2.25. The Bertz CT molecular complexity index is 1500. The van der Waals surface area contributed by atoms with Gasteiger partial charge >= 0.3 is 0 Å². The number of benzene rings is 1. The van der Waals surface area contributed by atoms with Crippen molar-refractivity contribution in [3.63, 3.8) is 0 Å². The highest BCUT2D eigenvalue weighted by Gasteiger charge is 2.22. The summed E-state index contributed by atoms with van der Waals surface area (Å²) < 4.78 is 5.30. The van der Waals surface area contributed by atoms with Gasteiger partial charge in [-0.15, -0.1) is 0 Å². The number of rotatable bonds is 14. The van der Waals surface area contributed by atoms with Crippen molar-refractivity contribution < 1.29 is 14.0 Å². The van der Waals surface area contributed by atoms with Crippen molar-refractivity contribution in [2.45, 2.75) is 90.4 Å². The number of nitrogens with zero attached hydrogens (tertiary/aromatic N) is 1. The number of unbranched alkanes of at least 4 members (excludes halogenated alkanes) is 1. The minimum absolute atomic E-state index is 0.0166. The third-order valence-corrected chi connectivity index (χ3v) is 8.97. The van der Waals surface area contributed by atoms with E-state index in [9.17, 15) is 9.59 Å². The van der Waals surface area contributed by atoms with Gasteiger partial charge in [0.2, 0.25) is 0 Å². The van der Waals surface area contributed by atoms with Crippen molar-refractivity contribution in [1.29, 1.82) is 5.41 Å². The molecule has 1 amide bonds. The molecule has 1 aromatic heterocycles. The van der Waals surface area contributed by atoms with Gasteiger partial charge in [0.1, 0.15) is 0 Å². The van der Waals surface area contributed by atoms with Crippen LogP contribution < -0.4 is 5.32 Å². The molecule has 6 nitrogen and oxygen atoms in total. The van der Waals surface area contributed by atoms with Gasteiger partial charge in [0.05, 0.1) is 6.26 Å². The molecule has 0 aliphatic heterocycles. The Morgan fingerprint density at radius 3 is 2.80 bits per heavy atom. The van der Waals surface area contributed by atoms with E-state index in [1.54, 1.807) is 12.1 Å². The number of ketones is 1. The molecule has 0 spiro atoms. The number of amides is 1. The van der Waals surface area contributed by atoms with Crippen molar-refractivity contribution in [2.75, 3.05) is 6.54 Å². The second kappa shape index (κ2) is 15.6. The smallest absolute Gasteiger partial charge is 0.291 e. The normalized spacial score (nSPS) is 18.9. The van der Waals surface area contributed by atoms with Crippen molar-refractivity contribution >= 4 is 29.2 Å². The van der Waals surface area contributed by atoms with Crippen LogP contribution in [0, 0.1) is 11.3 Å². The van der Waals surface area contributed by atoms with E-state index in [1.165, 1.54) is 35.1 Å². The Hall–Kier alpha value is -4.06. The average molecular weight is 592 g/mol. The number of allylic oxidation sites excluding steroid dienone is 6.